The lowest BCUT2D eigenvalue weighted by Crippen LogP contribution is -2.42. The topological polar surface area (TPSA) is 21.3 Å². The van der Waals surface area contributed by atoms with Gasteiger partial charge in [0.15, 0.2) is 0 Å². The largest absolute Gasteiger partial charge is 0.380 e. The van der Waals surface area contributed by atoms with Crippen LogP contribution in [-0.4, -0.2) is 25.3 Å². The third-order valence-electron chi connectivity index (χ3n) is 3.64. The number of nitrogens with one attached hydrogen (secondary N) is 1. The van der Waals surface area contributed by atoms with Gasteiger partial charge < -0.3 is 10.1 Å². The molecular weight excluding hydrogens is 210 g/mol. The average molecular weight is 233 g/mol. The molecule has 0 aliphatic heterocycles. The lowest BCUT2D eigenvalue weighted by atomic mass is 10.1. The molecule has 3 unspecified atom stereocenters. The maximum Gasteiger partial charge on any atom is 0.0724 e. The van der Waals surface area contributed by atoms with E-state index >= 15 is 0 Å². The zero-order valence-electron chi connectivity index (χ0n) is 10.9. The molecule has 2 nitrogen and oxygen atoms in total. The van der Waals surface area contributed by atoms with Gasteiger partial charge in [0.25, 0.3) is 0 Å². The van der Waals surface area contributed by atoms with E-state index in [1.165, 1.54) is 24.8 Å². The minimum atomic E-state index is 0.410. The Morgan fingerprint density at radius 2 is 2.06 bits per heavy atom. The molecule has 0 heterocycles. The van der Waals surface area contributed by atoms with Gasteiger partial charge in [-0.1, -0.05) is 30.3 Å². The minimum Gasteiger partial charge on any atom is -0.380 e. The monoisotopic (exact) mass is 233 g/mol. The molecule has 94 valence electrons. The molecule has 0 amide bonds. The summed E-state index contributed by atoms with van der Waals surface area (Å²) in [5.74, 6) is 0. The van der Waals surface area contributed by atoms with Crippen LogP contribution in [0.4, 0.5) is 0 Å². The Balaban J connectivity index is 1.83. The molecule has 0 spiro atoms. The lowest BCUT2D eigenvalue weighted by molar-refractivity contribution is 0.0820. The van der Waals surface area contributed by atoms with Gasteiger partial charge in [-0.15, -0.1) is 0 Å². The second-order valence-electron chi connectivity index (χ2n) is 5.07. The van der Waals surface area contributed by atoms with Crippen LogP contribution in [0.25, 0.3) is 0 Å². The molecule has 1 aromatic carbocycles. The zero-order valence-corrected chi connectivity index (χ0v) is 10.9. The number of hydrogen-bond acceptors (Lipinski definition) is 2. The van der Waals surface area contributed by atoms with Gasteiger partial charge in [-0.05, 0) is 38.2 Å². The van der Waals surface area contributed by atoms with Crippen LogP contribution in [0, 0.1) is 0 Å². The van der Waals surface area contributed by atoms with Crippen molar-refractivity contribution in [1.29, 1.82) is 0 Å². The summed E-state index contributed by atoms with van der Waals surface area (Å²) in [5.41, 5.74) is 1.40. The Morgan fingerprint density at radius 3 is 2.76 bits per heavy atom. The Labute approximate surface area is 104 Å². The first-order valence-corrected chi connectivity index (χ1v) is 6.62. The van der Waals surface area contributed by atoms with Crippen molar-refractivity contribution in [3.63, 3.8) is 0 Å². The molecule has 1 aromatic rings. The molecule has 17 heavy (non-hydrogen) atoms. The number of rotatable bonds is 5. The molecule has 2 heteroatoms. The van der Waals surface area contributed by atoms with E-state index in [9.17, 15) is 0 Å². The molecule has 1 N–H and O–H groups in total. The van der Waals surface area contributed by atoms with E-state index in [1.807, 2.05) is 7.11 Å². The quantitative estimate of drug-likeness (QED) is 0.844. The number of ether oxygens (including phenoxy) is 1. The number of methoxy groups -OCH3 is 1. The molecule has 2 rings (SSSR count). The third-order valence-corrected chi connectivity index (χ3v) is 3.64. The van der Waals surface area contributed by atoms with E-state index < -0.39 is 0 Å². The summed E-state index contributed by atoms with van der Waals surface area (Å²) < 4.78 is 5.51. The van der Waals surface area contributed by atoms with Crippen LogP contribution in [0.5, 0.6) is 0 Å². The standard InChI is InChI=1S/C15H23NO/c1-12(11-13-7-4-3-5-8-13)16-14-9-6-10-15(14)17-2/h3-5,7-8,12,14-16H,6,9-11H2,1-2H3. The summed E-state index contributed by atoms with van der Waals surface area (Å²) in [6.45, 7) is 2.26. The highest BCUT2D eigenvalue weighted by atomic mass is 16.5. The van der Waals surface area contributed by atoms with Crippen LogP contribution >= 0.6 is 0 Å². The Kier molecular flexibility index (Phi) is 4.57. The van der Waals surface area contributed by atoms with Crippen LogP contribution in [0.2, 0.25) is 0 Å². The second kappa shape index (κ2) is 6.18. The average Bonchev–Trinajstić information content (AvgIpc) is 2.77. The van der Waals surface area contributed by atoms with Gasteiger partial charge in [0.2, 0.25) is 0 Å². The van der Waals surface area contributed by atoms with E-state index in [-0.39, 0.29) is 0 Å². The smallest absolute Gasteiger partial charge is 0.0724 e. The van der Waals surface area contributed by atoms with Gasteiger partial charge in [0.05, 0.1) is 6.10 Å². The van der Waals surface area contributed by atoms with E-state index in [1.54, 1.807) is 0 Å². The van der Waals surface area contributed by atoms with Crippen molar-refractivity contribution in [3.05, 3.63) is 35.9 Å². The normalized spacial score (nSPS) is 26.0. The number of benzene rings is 1. The van der Waals surface area contributed by atoms with Gasteiger partial charge >= 0.3 is 0 Å². The second-order valence-corrected chi connectivity index (χ2v) is 5.07. The molecule has 1 fully saturated rings. The van der Waals surface area contributed by atoms with Gasteiger partial charge in [-0.3, -0.25) is 0 Å². The molecule has 3 atom stereocenters. The third kappa shape index (κ3) is 3.55. The van der Waals surface area contributed by atoms with Crippen LogP contribution in [0.15, 0.2) is 30.3 Å². The molecular formula is C15H23NO. The molecule has 0 radical (unpaired) electrons. The van der Waals surface area contributed by atoms with Crippen LogP contribution in [0.3, 0.4) is 0 Å². The molecule has 0 saturated heterocycles. The summed E-state index contributed by atoms with van der Waals surface area (Å²) in [4.78, 5) is 0. The van der Waals surface area contributed by atoms with E-state index in [4.69, 9.17) is 4.74 Å². The van der Waals surface area contributed by atoms with Gasteiger partial charge in [0, 0.05) is 19.2 Å². The minimum absolute atomic E-state index is 0.410. The van der Waals surface area contributed by atoms with Crippen molar-refractivity contribution in [2.24, 2.45) is 0 Å². The highest BCUT2D eigenvalue weighted by Crippen LogP contribution is 2.22. The molecule has 1 saturated carbocycles. The highest BCUT2D eigenvalue weighted by molar-refractivity contribution is 5.15. The van der Waals surface area contributed by atoms with Gasteiger partial charge in [0.1, 0.15) is 0 Å². The molecule has 1 aliphatic rings. The summed E-state index contributed by atoms with van der Waals surface area (Å²) in [6, 6.07) is 11.7. The van der Waals surface area contributed by atoms with Crippen molar-refractivity contribution >= 4 is 0 Å². The predicted molar refractivity (Wildman–Crippen MR) is 71.2 cm³/mol. The van der Waals surface area contributed by atoms with Crippen LogP contribution in [-0.2, 0) is 11.2 Å². The first-order chi connectivity index (χ1) is 8.29. The molecule has 0 aromatic heterocycles. The SMILES string of the molecule is COC1CCCC1NC(C)Cc1ccccc1. The van der Waals surface area contributed by atoms with E-state index in [0.717, 1.165) is 6.42 Å². The van der Waals surface area contributed by atoms with Gasteiger partial charge in [-0.25, -0.2) is 0 Å². The summed E-state index contributed by atoms with van der Waals surface area (Å²) in [6.07, 6.45) is 5.24. The van der Waals surface area contributed by atoms with Gasteiger partial charge in [-0.2, -0.15) is 0 Å². The molecule has 0 bridgehead atoms. The maximum absolute atomic E-state index is 5.51. The van der Waals surface area contributed by atoms with Crippen LogP contribution < -0.4 is 5.32 Å². The maximum atomic E-state index is 5.51. The fraction of sp³-hybridized carbons (Fsp3) is 0.600. The summed E-state index contributed by atoms with van der Waals surface area (Å²) in [5, 5.41) is 3.70. The Morgan fingerprint density at radius 1 is 1.29 bits per heavy atom. The molecule has 1 aliphatic carbocycles. The summed E-state index contributed by atoms with van der Waals surface area (Å²) >= 11 is 0. The van der Waals surface area contributed by atoms with Crippen molar-refractivity contribution in [3.8, 4) is 0 Å². The predicted octanol–water partition coefficient (Wildman–Crippen LogP) is 2.77. The fourth-order valence-corrected chi connectivity index (χ4v) is 2.79. The number of hydrogen-bond donors (Lipinski definition) is 1. The first kappa shape index (κ1) is 12.6. The van der Waals surface area contributed by atoms with Crippen molar-refractivity contribution in [2.45, 2.75) is 50.8 Å². The van der Waals surface area contributed by atoms with Crippen molar-refractivity contribution in [2.75, 3.05) is 7.11 Å². The first-order valence-electron chi connectivity index (χ1n) is 6.62. The highest BCUT2D eigenvalue weighted by Gasteiger charge is 2.27. The Hall–Kier alpha value is -0.860. The fourth-order valence-electron chi connectivity index (χ4n) is 2.79. The van der Waals surface area contributed by atoms with Crippen molar-refractivity contribution in [1.82, 2.24) is 5.32 Å². The van der Waals surface area contributed by atoms with E-state index in [2.05, 4.69) is 42.6 Å². The summed E-state index contributed by atoms with van der Waals surface area (Å²) in [7, 11) is 1.83. The zero-order chi connectivity index (χ0) is 12.1. The Bertz CT molecular complexity index is 325. The lowest BCUT2D eigenvalue weighted by Gasteiger charge is -2.24. The van der Waals surface area contributed by atoms with Crippen molar-refractivity contribution < 1.29 is 4.74 Å². The van der Waals surface area contributed by atoms with Crippen LogP contribution in [0.1, 0.15) is 31.7 Å². The van der Waals surface area contributed by atoms with E-state index in [0.29, 0.717) is 18.2 Å².